The lowest BCUT2D eigenvalue weighted by molar-refractivity contribution is 0.0984. The molecule has 1 heterocycles. The number of phenolic OH excluding ortho intramolecular Hbond substituents is 1. The molecule has 0 fully saturated rings. The van der Waals surface area contributed by atoms with Crippen LogP contribution in [0.1, 0.15) is 10.5 Å². The average Bonchev–Trinajstić information content (AvgIpc) is 2.74. The Morgan fingerprint density at radius 2 is 2.00 bits per heavy atom. The minimum absolute atomic E-state index is 0.0411. The molecule has 7 heteroatoms. The highest BCUT2D eigenvalue weighted by Gasteiger charge is 2.21. The number of benzene rings is 1. The van der Waals surface area contributed by atoms with Crippen LogP contribution in [0.25, 0.3) is 0 Å². The number of nitrogen functional groups attached to an aromatic ring is 1. The van der Waals surface area contributed by atoms with Crippen LogP contribution in [0.4, 0.5) is 11.5 Å². The van der Waals surface area contributed by atoms with Gasteiger partial charge in [0.25, 0.3) is 5.91 Å². The van der Waals surface area contributed by atoms with Crippen LogP contribution in [-0.4, -0.2) is 28.4 Å². The van der Waals surface area contributed by atoms with Crippen LogP contribution in [0.15, 0.2) is 28.9 Å². The molecule has 0 saturated carbocycles. The summed E-state index contributed by atoms with van der Waals surface area (Å²) in [5, 5.41) is 15.9. The lowest BCUT2D eigenvalue weighted by Gasteiger charge is -2.15. The number of carbonyl (C=O) groups excluding carboxylic acids is 1. The summed E-state index contributed by atoms with van der Waals surface area (Å²) in [7, 11) is 1.56. The first-order valence-corrected chi connectivity index (χ1v) is 4.74. The van der Waals surface area contributed by atoms with E-state index in [1.165, 1.54) is 17.0 Å². The first kappa shape index (κ1) is 10.9. The van der Waals surface area contributed by atoms with Gasteiger partial charge in [0.2, 0.25) is 11.5 Å². The molecule has 0 aliphatic rings. The van der Waals surface area contributed by atoms with Crippen LogP contribution < -0.4 is 10.6 Å². The van der Waals surface area contributed by atoms with Crippen LogP contribution >= 0.6 is 0 Å². The Hall–Kier alpha value is -2.57. The number of hydrogen-bond donors (Lipinski definition) is 2. The minimum atomic E-state index is -0.436. The van der Waals surface area contributed by atoms with Crippen molar-refractivity contribution in [3.05, 3.63) is 30.0 Å². The van der Waals surface area contributed by atoms with Crippen molar-refractivity contribution in [2.24, 2.45) is 0 Å². The number of hydrogen-bond acceptors (Lipinski definition) is 6. The second-order valence-electron chi connectivity index (χ2n) is 3.38. The summed E-state index contributed by atoms with van der Waals surface area (Å²) in [5.41, 5.74) is 5.98. The van der Waals surface area contributed by atoms with E-state index in [1.54, 1.807) is 19.2 Å². The Bertz CT molecular complexity index is 535. The van der Waals surface area contributed by atoms with E-state index in [4.69, 9.17) is 10.8 Å². The van der Waals surface area contributed by atoms with E-state index in [2.05, 4.69) is 14.9 Å². The smallest absolute Gasteiger partial charge is 0.284 e. The van der Waals surface area contributed by atoms with Gasteiger partial charge in [-0.15, -0.1) is 0 Å². The van der Waals surface area contributed by atoms with Crippen LogP contribution in [0.2, 0.25) is 0 Å². The number of amides is 1. The van der Waals surface area contributed by atoms with Crippen molar-refractivity contribution in [3.63, 3.8) is 0 Å². The number of phenols is 1. The van der Waals surface area contributed by atoms with E-state index in [0.29, 0.717) is 5.69 Å². The predicted molar refractivity (Wildman–Crippen MR) is 59.6 cm³/mol. The van der Waals surface area contributed by atoms with Gasteiger partial charge in [0, 0.05) is 12.7 Å². The Morgan fingerprint density at radius 3 is 2.53 bits per heavy atom. The van der Waals surface area contributed by atoms with Gasteiger partial charge in [-0.3, -0.25) is 4.79 Å². The third kappa shape index (κ3) is 2.03. The van der Waals surface area contributed by atoms with Gasteiger partial charge in [-0.05, 0) is 34.6 Å². The molecular weight excluding hydrogens is 224 g/mol. The van der Waals surface area contributed by atoms with Crippen molar-refractivity contribution in [2.75, 3.05) is 17.7 Å². The topological polar surface area (TPSA) is 105 Å². The van der Waals surface area contributed by atoms with Crippen LogP contribution in [0.5, 0.6) is 5.75 Å². The lowest BCUT2D eigenvalue weighted by atomic mass is 10.2. The summed E-state index contributed by atoms with van der Waals surface area (Å²) in [6.45, 7) is 0. The van der Waals surface area contributed by atoms with Crippen molar-refractivity contribution in [2.45, 2.75) is 0 Å². The van der Waals surface area contributed by atoms with Gasteiger partial charge < -0.3 is 15.7 Å². The summed E-state index contributed by atoms with van der Waals surface area (Å²) >= 11 is 0. The Morgan fingerprint density at radius 1 is 1.35 bits per heavy atom. The molecule has 0 unspecified atom stereocenters. The largest absolute Gasteiger partial charge is 0.508 e. The molecule has 2 aromatic rings. The second kappa shape index (κ2) is 4.12. The molecule has 1 aromatic carbocycles. The molecule has 0 radical (unpaired) electrons. The average molecular weight is 234 g/mol. The lowest BCUT2D eigenvalue weighted by Crippen LogP contribution is -2.27. The predicted octanol–water partition coefficient (Wildman–Crippen LogP) is 0.634. The first-order valence-electron chi connectivity index (χ1n) is 4.74. The molecule has 0 saturated heterocycles. The highest BCUT2D eigenvalue weighted by molar-refractivity contribution is 6.06. The van der Waals surface area contributed by atoms with E-state index in [-0.39, 0.29) is 17.3 Å². The van der Waals surface area contributed by atoms with E-state index < -0.39 is 5.91 Å². The third-order valence-electron chi connectivity index (χ3n) is 2.26. The second-order valence-corrected chi connectivity index (χ2v) is 3.38. The number of rotatable bonds is 2. The molecular formula is C10H10N4O3. The van der Waals surface area contributed by atoms with E-state index in [9.17, 15) is 4.79 Å². The van der Waals surface area contributed by atoms with Gasteiger partial charge in [0.05, 0.1) is 0 Å². The standard InChI is InChI=1S/C10H10N4O3/c1-14(6-2-4-7(15)5-3-6)10(16)8-9(11)13-17-12-8/h2-5,15H,1H3,(H2,11,13). The molecule has 0 bridgehead atoms. The summed E-state index contributed by atoms with van der Waals surface area (Å²) in [6.07, 6.45) is 0. The molecule has 3 N–H and O–H groups in total. The molecule has 0 aliphatic heterocycles. The van der Waals surface area contributed by atoms with Crippen molar-refractivity contribution in [1.29, 1.82) is 0 Å². The monoisotopic (exact) mass is 234 g/mol. The van der Waals surface area contributed by atoms with E-state index in [1.807, 2.05) is 0 Å². The number of aromatic hydroxyl groups is 1. The van der Waals surface area contributed by atoms with Crippen molar-refractivity contribution >= 4 is 17.4 Å². The first-order chi connectivity index (χ1) is 8.09. The number of nitrogens with zero attached hydrogens (tertiary/aromatic N) is 3. The summed E-state index contributed by atoms with van der Waals surface area (Å²) < 4.78 is 4.36. The van der Waals surface area contributed by atoms with Crippen LogP contribution in [0.3, 0.4) is 0 Å². The molecule has 1 amide bonds. The van der Waals surface area contributed by atoms with Crippen molar-refractivity contribution in [1.82, 2.24) is 10.3 Å². The number of anilines is 2. The molecule has 0 aliphatic carbocycles. The summed E-state index contributed by atoms with van der Waals surface area (Å²) in [5.74, 6) is -0.368. The maximum atomic E-state index is 11.9. The molecule has 17 heavy (non-hydrogen) atoms. The Kier molecular flexibility index (Phi) is 2.65. The third-order valence-corrected chi connectivity index (χ3v) is 2.26. The quantitative estimate of drug-likeness (QED) is 0.789. The molecule has 0 spiro atoms. The Balaban J connectivity index is 2.26. The maximum absolute atomic E-state index is 11.9. The zero-order valence-electron chi connectivity index (χ0n) is 8.99. The highest BCUT2D eigenvalue weighted by atomic mass is 16.6. The van der Waals surface area contributed by atoms with Crippen molar-refractivity contribution < 1.29 is 14.5 Å². The van der Waals surface area contributed by atoms with Gasteiger partial charge in [0.15, 0.2) is 0 Å². The van der Waals surface area contributed by atoms with Crippen LogP contribution in [-0.2, 0) is 0 Å². The van der Waals surface area contributed by atoms with Gasteiger partial charge in [-0.1, -0.05) is 0 Å². The summed E-state index contributed by atoms with van der Waals surface area (Å²) in [6, 6.07) is 6.14. The number of carbonyl (C=O) groups is 1. The number of aromatic nitrogens is 2. The molecule has 2 rings (SSSR count). The molecule has 7 nitrogen and oxygen atoms in total. The zero-order chi connectivity index (χ0) is 12.4. The fraction of sp³-hybridized carbons (Fsp3) is 0.100. The normalized spacial score (nSPS) is 10.2. The van der Waals surface area contributed by atoms with Gasteiger partial charge in [0.1, 0.15) is 5.75 Å². The maximum Gasteiger partial charge on any atom is 0.284 e. The van der Waals surface area contributed by atoms with Gasteiger partial charge in [-0.2, -0.15) is 0 Å². The molecule has 0 atom stereocenters. The van der Waals surface area contributed by atoms with Crippen molar-refractivity contribution in [3.8, 4) is 5.75 Å². The SMILES string of the molecule is CN(C(=O)c1nonc1N)c1ccc(O)cc1. The fourth-order valence-corrected chi connectivity index (χ4v) is 1.30. The molecule has 88 valence electrons. The van der Waals surface area contributed by atoms with E-state index >= 15 is 0 Å². The Labute approximate surface area is 96.4 Å². The van der Waals surface area contributed by atoms with Gasteiger partial charge in [-0.25, -0.2) is 4.63 Å². The fourth-order valence-electron chi connectivity index (χ4n) is 1.30. The zero-order valence-corrected chi connectivity index (χ0v) is 8.99. The highest BCUT2D eigenvalue weighted by Crippen LogP contribution is 2.19. The molecule has 1 aromatic heterocycles. The van der Waals surface area contributed by atoms with Gasteiger partial charge >= 0.3 is 0 Å². The number of nitrogens with two attached hydrogens (primary N) is 1. The summed E-state index contributed by atoms with van der Waals surface area (Å²) in [4.78, 5) is 13.3. The minimum Gasteiger partial charge on any atom is -0.508 e. The van der Waals surface area contributed by atoms with Crippen LogP contribution in [0, 0.1) is 0 Å². The van der Waals surface area contributed by atoms with E-state index in [0.717, 1.165) is 0 Å².